The van der Waals surface area contributed by atoms with E-state index in [0.717, 1.165) is 5.56 Å². The average Bonchev–Trinajstić information content (AvgIpc) is 2.76. The van der Waals surface area contributed by atoms with Crippen molar-refractivity contribution in [1.29, 1.82) is 0 Å². The summed E-state index contributed by atoms with van der Waals surface area (Å²) in [6, 6.07) is 9.63. The largest absolute Gasteiger partial charge is 0.461 e. The fourth-order valence-electron chi connectivity index (χ4n) is 1.53. The molecule has 0 spiro atoms. The van der Waals surface area contributed by atoms with Gasteiger partial charge in [-0.2, -0.15) is 0 Å². The molecular formula is C13H12FNO2. The molecule has 0 saturated heterocycles. The highest BCUT2D eigenvalue weighted by Crippen LogP contribution is 2.22. The minimum Gasteiger partial charge on any atom is -0.461 e. The Kier molecular flexibility index (Phi) is 3.23. The summed E-state index contributed by atoms with van der Waals surface area (Å²) in [6.07, 6.45) is 0.743. The van der Waals surface area contributed by atoms with Gasteiger partial charge in [0.05, 0.1) is 0 Å². The van der Waals surface area contributed by atoms with Crippen LogP contribution in [0.15, 0.2) is 40.8 Å². The molecule has 88 valence electrons. The number of hydrogen-bond donors (Lipinski definition) is 1. The van der Waals surface area contributed by atoms with Crippen LogP contribution in [-0.4, -0.2) is 5.91 Å². The van der Waals surface area contributed by atoms with Gasteiger partial charge in [-0.15, -0.1) is 0 Å². The molecule has 0 bridgehead atoms. The third kappa shape index (κ3) is 2.93. The van der Waals surface area contributed by atoms with Crippen LogP contribution in [0, 0.1) is 5.82 Å². The van der Waals surface area contributed by atoms with Gasteiger partial charge in [-0.3, -0.25) is 4.79 Å². The van der Waals surface area contributed by atoms with E-state index in [4.69, 9.17) is 10.2 Å². The molecular weight excluding hydrogens is 221 g/mol. The number of carbonyl (C=O) groups excluding carboxylic acids is 1. The molecule has 2 aromatic rings. The van der Waals surface area contributed by atoms with Crippen molar-refractivity contribution >= 4 is 5.91 Å². The molecule has 4 heteroatoms. The van der Waals surface area contributed by atoms with Crippen LogP contribution in [0.1, 0.15) is 12.2 Å². The van der Waals surface area contributed by atoms with E-state index in [2.05, 4.69) is 0 Å². The second kappa shape index (κ2) is 4.82. The summed E-state index contributed by atoms with van der Waals surface area (Å²) in [5, 5.41) is 0. The van der Waals surface area contributed by atoms with Crippen molar-refractivity contribution in [3.8, 4) is 11.3 Å². The van der Waals surface area contributed by atoms with Gasteiger partial charge in [0.1, 0.15) is 17.3 Å². The van der Waals surface area contributed by atoms with Crippen molar-refractivity contribution in [2.24, 2.45) is 5.73 Å². The molecule has 17 heavy (non-hydrogen) atoms. The number of aryl methyl sites for hydroxylation is 1. The topological polar surface area (TPSA) is 56.2 Å². The molecule has 0 aliphatic rings. The molecule has 0 radical (unpaired) electrons. The first kappa shape index (κ1) is 11.4. The zero-order valence-electron chi connectivity index (χ0n) is 9.15. The smallest absolute Gasteiger partial charge is 0.217 e. The number of nitrogens with two attached hydrogens (primary N) is 1. The van der Waals surface area contributed by atoms with Crippen molar-refractivity contribution in [2.75, 3.05) is 0 Å². The molecule has 0 aliphatic heterocycles. The molecule has 3 nitrogen and oxygen atoms in total. The maximum absolute atomic E-state index is 12.7. The molecule has 0 fully saturated rings. The van der Waals surface area contributed by atoms with Crippen LogP contribution in [0.3, 0.4) is 0 Å². The third-order valence-corrected chi connectivity index (χ3v) is 2.41. The fourth-order valence-corrected chi connectivity index (χ4v) is 1.53. The summed E-state index contributed by atoms with van der Waals surface area (Å²) in [5.41, 5.74) is 5.86. The zero-order chi connectivity index (χ0) is 12.3. The number of carbonyl (C=O) groups is 1. The highest BCUT2D eigenvalue weighted by atomic mass is 19.1. The van der Waals surface area contributed by atoms with Crippen LogP contribution < -0.4 is 5.73 Å². The van der Waals surface area contributed by atoms with E-state index >= 15 is 0 Å². The summed E-state index contributed by atoms with van der Waals surface area (Å²) in [7, 11) is 0. The van der Waals surface area contributed by atoms with E-state index in [1.54, 1.807) is 24.3 Å². The van der Waals surface area contributed by atoms with Crippen molar-refractivity contribution in [2.45, 2.75) is 12.8 Å². The molecule has 0 aliphatic carbocycles. The maximum Gasteiger partial charge on any atom is 0.217 e. The number of furan rings is 1. The van der Waals surface area contributed by atoms with Crippen LogP contribution in [0.2, 0.25) is 0 Å². The van der Waals surface area contributed by atoms with Crippen molar-refractivity contribution in [3.63, 3.8) is 0 Å². The quantitative estimate of drug-likeness (QED) is 0.882. The van der Waals surface area contributed by atoms with Crippen LogP contribution in [0.5, 0.6) is 0 Å². The third-order valence-electron chi connectivity index (χ3n) is 2.41. The van der Waals surface area contributed by atoms with Gasteiger partial charge in [-0.1, -0.05) is 0 Å². The Hall–Kier alpha value is -2.10. The Morgan fingerprint density at radius 3 is 2.53 bits per heavy atom. The Morgan fingerprint density at radius 1 is 1.18 bits per heavy atom. The van der Waals surface area contributed by atoms with Gasteiger partial charge in [0.25, 0.3) is 0 Å². The summed E-state index contributed by atoms with van der Waals surface area (Å²) >= 11 is 0. The number of amides is 1. The van der Waals surface area contributed by atoms with Gasteiger partial charge in [-0.05, 0) is 36.4 Å². The maximum atomic E-state index is 12.7. The number of primary amides is 1. The van der Waals surface area contributed by atoms with Crippen LogP contribution >= 0.6 is 0 Å². The highest BCUT2D eigenvalue weighted by Gasteiger charge is 2.06. The lowest BCUT2D eigenvalue weighted by Gasteiger charge is -1.97. The first-order valence-corrected chi connectivity index (χ1v) is 5.28. The average molecular weight is 233 g/mol. The predicted molar refractivity (Wildman–Crippen MR) is 61.6 cm³/mol. The van der Waals surface area contributed by atoms with Gasteiger partial charge in [0.15, 0.2) is 0 Å². The summed E-state index contributed by atoms with van der Waals surface area (Å²) in [6.45, 7) is 0. The van der Waals surface area contributed by atoms with E-state index in [0.29, 0.717) is 17.9 Å². The van der Waals surface area contributed by atoms with Gasteiger partial charge >= 0.3 is 0 Å². The molecule has 1 aromatic heterocycles. The Labute approximate surface area is 98.0 Å². The number of hydrogen-bond acceptors (Lipinski definition) is 2. The van der Waals surface area contributed by atoms with E-state index in [9.17, 15) is 9.18 Å². The molecule has 1 heterocycles. The first-order chi connectivity index (χ1) is 8.15. The molecule has 0 saturated carbocycles. The van der Waals surface area contributed by atoms with Gasteiger partial charge in [0, 0.05) is 18.4 Å². The van der Waals surface area contributed by atoms with Crippen molar-refractivity contribution in [1.82, 2.24) is 0 Å². The van der Waals surface area contributed by atoms with Crippen LogP contribution in [-0.2, 0) is 11.2 Å². The minimum absolute atomic E-state index is 0.260. The predicted octanol–water partition coefficient (Wildman–Crippen LogP) is 2.50. The second-order valence-electron chi connectivity index (χ2n) is 3.74. The number of rotatable bonds is 4. The molecule has 2 rings (SSSR count). The van der Waals surface area contributed by atoms with Crippen LogP contribution in [0.25, 0.3) is 11.3 Å². The van der Waals surface area contributed by atoms with Gasteiger partial charge in [0.2, 0.25) is 5.91 Å². The Balaban J connectivity index is 2.12. The summed E-state index contributed by atoms with van der Waals surface area (Å²) in [4.78, 5) is 10.6. The SMILES string of the molecule is NC(=O)CCc1ccc(-c2ccc(F)cc2)o1. The first-order valence-electron chi connectivity index (χ1n) is 5.28. The second-order valence-corrected chi connectivity index (χ2v) is 3.74. The minimum atomic E-state index is -0.357. The lowest BCUT2D eigenvalue weighted by molar-refractivity contribution is -0.118. The Morgan fingerprint density at radius 2 is 1.88 bits per heavy atom. The fraction of sp³-hybridized carbons (Fsp3) is 0.154. The lowest BCUT2D eigenvalue weighted by atomic mass is 10.2. The molecule has 2 N–H and O–H groups in total. The molecule has 1 aromatic carbocycles. The van der Waals surface area contributed by atoms with Crippen molar-refractivity contribution in [3.05, 3.63) is 48.0 Å². The lowest BCUT2D eigenvalue weighted by Crippen LogP contribution is -2.10. The van der Waals surface area contributed by atoms with E-state index in [-0.39, 0.29) is 18.1 Å². The highest BCUT2D eigenvalue weighted by molar-refractivity contribution is 5.73. The molecule has 0 unspecified atom stereocenters. The van der Waals surface area contributed by atoms with E-state index in [1.807, 2.05) is 0 Å². The normalized spacial score (nSPS) is 10.4. The standard InChI is InChI=1S/C13H12FNO2/c14-10-3-1-9(2-4-10)12-7-5-11(17-12)6-8-13(15)16/h1-5,7H,6,8H2,(H2,15,16). The summed E-state index contributed by atoms with van der Waals surface area (Å²) < 4.78 is 18.3. The molecule has 0 atom stereocenters. The summed E-state index contributed by atoms with van der Waals surface area (Å²) in [5.74, 6) is 0.714. The Bertz CT molecular complexity index is 516. The molecule has 1 amide bonds. The van der Waals surface area contributed by atoms with Gasteiger partial charge in [-0.25, -0.2) is 4.39 Å². The van der Waals surface area contributed by atoms with Crippen molar-refractivity contribution < 1.29 is 13.6 Å². The van der Waals surface area contributed by atoms with E-state index < -0.39 is 0 Å². The van der Waals surface area contributed by atoms with Crippen LogP contribution in [0.4, 0.5) is 4.39 Å². The monoisotopic (exact) mass is 233 g/mol. The van der Waals surface area contributed by atoms with Gasteiger partial charge < -0.3 is 10.2 Å². The zero-order valence-corrected chi connectivity index (χ0v) is 9.15. The number of halogens is 1. The number of benzene rings is 1. The van der Waals surface area contributed by atoms with E-state index in [1.165, 1.54) is 12.1 Å².